The highest BCUT2D eigenvalue weighted by Gasteiger charge is 2.11. The molecule has 1 amide bonds. The van der Waals surface area contributed by atoms with Crippen LogP contribution in [0.5, 0.6) is 11.5 Å². The van der Waals surface area contributed by atoms with Crippen LogP contribution in [-0.4, -0.2) is 10.9 Å². The zero-order valence-electron chi connectivity index (χ0n) is 15.2. The highest BCUT2D eigenvalue weighted by Crippen LogP contribution is 2.25. The van der Waals surface area contributed by atoms with Gasteiger partial charge in [0.15, 0.2) is 0 Å². The van der Waals surface area contributed by atoms with Gasteiger partial charge in [-0.25, -0.2) is 0 Å². The minimum Gasteiger partial charge on any atom is -0.457 e. The molecule has 0 aliphatic carbocycles. The smallest absolute Gasteiger partial charge is 0.257 e. The van der Waals surface area contributed by atoms with Crippen molar-refractivity contribution in [1.82, 2.24) is 4.98 Å². The summed E-state index contributed by atoms with van der Waals surface area (Å²) in [5, 5.41) is 2.90. The van der Waals surface area contributed by atoms with E-state index in [1.807, 2.05) is 81.4 Å². The highest BCUT2D eigenvalue weighted by atomic mass is 16.5. The van der Waals surface area contributed by atoms with E-state index >= 15 is 0 Å². The van der Waals surface area contributed by atoms with Crippen molar-refractivity contribution in [1.29, 1.82) is 0 Å². The van der Waals surface area contributed by atoms with Crippen LogP contribution in [0.1, 0.15) is 34.2 Å². The van der Waals surface area contributed by atoms with Gasteiger partial charge >= 0.3 is 0 Å². The molecule has 0 bridgehead atoms. The summed E-state index contributed by atoms with van der Waals surface area (Å²) in [4.78, 5) is 16.9. The Labute approximate surface area is 153 Å². The van der Waals surface area contributed by atoms with Gasteiger partial charge in [0, 0.05) is 11.4 Å². The number of aryl methyl sites for hydroxylation is 3. The van der Waals surface area contributed by atoms with E-state index < -0.39 is 0 Å². The molecule has 3 aromatic rings. The number of aromatic nitrogens is 1. The zero-order valence-corrected chi connectivity index (χ0v) is 15.2. The zero-order chi connectivity index (χ0) is 18.5. The molecule has 0 unspecified atom stereocenters. The van der Waals surface area contributed by atoms with Gasteiger partial charge in [-0.1, -0.05) is 25.1 Å². The van der Waals surface area contributed by atoms with Crippen LogP contribution in [0.25, 0.3) is 0 Å². The second-order valence-electron chi connectivity index (χ2n) is 6.14. The molecule has 0 atom stereocenters. The van der Waals surface area contributed by atoms with Gasteiger partial charge in [0.2, 0.25) is 0 Å². The molecule has 0 aliphatic rings. The van der Waals surface area contributed by atoms with Crippen LogP contribution in [-0.2, 0) is 6.42 Å². The van der Waals surface area contributed by atoms with E-state index in [4.69, 9.17) is 4.74 Å². The van der Waals surface area contributed by atoms with E-state index in [1.165, 1.54) is 0 Å². The molecule has 0 radical (unpaired) electrons. The molecule has 0 fully saturated rings. The Hall–Kier alpha value is -3.14. The number of ether oxygens (including phenoxy) is 1. The summed E-state index contributed by atoms with van der Waals surface area (Å²) in [6, 6.07) is 18.9. The summed E-state index contributed by atoms with van der Waals surface area (Å²) in [6.45, 7) is 5.90. The maximum atomic E-state index is 12.5. The maximum Gasteiger partial charge on any atom is 0.257 e. The Morgan fingerprint density at radius 2 is 1.73 bits per heavy atom. The predicted octanol–water partition coefficient (Wildman–Crippen LogP) is 5.31. The molecule has 1 aromatic heterocycles. The molecule has 0 saturated heterocycles. The van der Waals surface area contributed by atoms with Crippen LogP contribution in [0, 0.1) is 13.8 Å². The second-order valence-corrected chi connectivity index (χ2v) is 6.14. The molecule has 132 valence electrons. The molecule has 0 aliphatic heterocycles. The number of hydrogen-bond acceptors (Lipinski definition) is 3. The maximum absolute atomic E-state index is 12.5. The normalized spacial score (nSPS) is 10.4. The van der Waals surface area contributed by atoms with Gasteiger partial charge in [0.25, 0.3) is 5.91 Å². The minimum absolute atomic E-state index is 0.162. The summed E-state index contributed by atoms with van der Waals surface area (Å²) in [6.07, 6.45) is 0.852. The van der Waals surface area contributed by atoms with Gasteiger partial charge < -0.3 is 10.1 Å². The van der Waals surface area contributed by atoms with Crippen molar-refractivity contribution in [2.45, 2.75) is 27.2 Å². The van der Waals surface area contributed by atoms with E-state index in [9.17, 15) is 4.79 Å². The Bertz CT molecular complexity index is 918. The van der Waals surface area contributed by atoms with Gasteiger partial charge in [-0.2, -0.15) is 0 Å². The van der Waals surface area contributed by atoms with Gasteiger partial charge in [0.05, 0.1) is 11.3 Å². The number of carbonyl (C=O) groups is 1. The molecule has 4 heteroatoms. The van der Waals surface area contributed by atoms with Crippen molar-refractivity contribution in [3.8, 4) is 11.5 Å². The Kier molecular flexibility index (Phi) is 5.32. The summed E-state index contributed by atoms with van der Waals surface area (Å²) in [5.41, 5.74) is 4.09. The number of amides is 1. The summed E-state index contributed by atoms with van der Waals surface area (Å²) in [5.74, 6) is 1.38. The molecule has 26 heavy (non-hydrogen) atoms. The predicted molar refractivity (Wildman–Crippen MR) is 104 cm³/mol. The van der Waals surface area contributed by atoms with Gasteiger partial charge in [0.1, 0.15) is 11.5 Å². The Morgan fingerprint density at radius 1 is 1.00 bits per heavy atom. The van der Waals surface area contributed by atoms with Crippen molar-refractivity contribution in [2.24, 2.45) is 0 Å². The first kappa shape index (κ1) is 17.7. The number of para-hydroxylation sites is 1. The number of rotatable bonds is 5. The van der Waals surface area contributed by atoms with E-state index in [0.29, 0.717) is 11.3 Å². The SMILES string of the molecule is CCc1ccc(C(=O)Nc2ccc(Oc3ccccc3C)cc2)c(C)n1. The lowest BCUT2D eigenvalue weighted by Gasteiger charge is -2.11. The molecule has 3 rings (SSSR count). The van der Waals surface area contributed by atoms with Gasteiger partial charge in [-0.05, 0) is 68.3 Å². The molecule has 4 nitrogen and oxygen atoms in total. The first-order valence-corrected chi connectivity index (χ1v) is 8.68. The number of anilines is 1. The number of pyridine rings is 1. The Morgan fingerprint density at radius 3 is 2.38 bits per heavy atom. The first-order chi connectivity index (χ1) is 12.6. The average molecular weight is 346 g/mol. The first-order valence-electron chi connectivity index (χ1n) is 8.68. The summed E-state index contributed by atoms with van der Waals surface area (Å²) < 4.78 is 5.88. The quantitative estimate of drug-likeness (QED) is 0.681. The molecular formula is C22H22N2O2. The van der Waals surface area contributed by atoms with Gasteiger partial charge in [-0.3, -0.25) is 9.78 Å². The number of nitrogens with zero attached hydrogens (tertiary/aromatic N) is 1. The van der Waals surface area contributed by atoms with Gasteiger partial charge in [-0.15, -0.1) is 0 Å². The number of benzene rings is 2. The lowest BCUT2D eigenvalue weighted by molar-refractivity contribution is 0.102. The largest absolute Gasteiger partial charge is 0.457 e. The fraction of sp³-hybridized carbons (Fsp3) is 0.182. The fourth-order valence-corrected chi connectivity index (χ4v) is 2.65. The number of hydrogen-bond donors (Lipinski definition) is 1. The molecule has 0 saturated carbocycles. The summed E-state index contributed by atoms with van der Waals surface area (Å²) in [7, 11) is 0. The van der Waals surface area contributed by atoms with Crippen molar-refractivity contribution < 1.29 is 9.53 Å². The van der Waals surface area contributed by atoms with Crippen LogP contribution < -0.4 is 10.1 Å². The van der Waals surface area contributed by atoms with E-state index in [2.05, 4.69) is 10.3 Å². The third-order valence-electron chi connectivity index (χ3n) is 4.18. The van der Waals surface area contributed by atoms with Crippen molar-refractivity contribution in [3.05, 3.63) is 83.2 Å². The highest BCUT2D eigenvalue weighted by molar-refractivity contribution is 6.05. The lowest BCUT2D eigenvalue weighted by atomic mass is 10.1. The van der Waals surface area contributed by atoms with Crippen LogP contribution >= 0.6 is 0 Å². The molecule has 1 N–H and O–H groups in total. The fourth-order valence-electron chi connectivity index (χ4n) is 2.65. The number of nitrogens with one attached hydrogen (secondary N) is 1. The van der Waals surface area contributed by atoms with Crippen LogP contribution in [0.4, 0.5) is 5.69 Å². The topological polar surface area (TPSA) is 51.2 Å². The van der Waals surface area contributed by atoms with Crippen LogP contribution in [0.15, 0.2) is 60.7 Å². The van der Waals surface area contributed by atoms with Crippen molar-refractivity contribution >= 4 is 11.6 Å². The summed E-state index contributed by atoms with van der Waals surface area (Å²) >= 11 is 0. The molecule has 2 aromatic carbocycles. The van der Waals surface area contributed by atoms with Crippen molar-refractivity contribution in [3.63, 3.8) is 0 Å². The third kappa shape index (κ3) is 4.09. The van der Waals surface area contributed by atoms with Crippen LogP contribution in [0.3, 0.4) is 0 Å². The lowest BCUT2D eigenvalue weighted by Crippen LogP contribution is -2.14. The van der Waals surface area contributed by atoms with E-state index in [1.54, 1.807) is 0 Å². The average Bonchev–Trinajstić information content (AvgIpc) is 2.65. The minimum atomic E-state index is -0.162. The Balaban J connectivity index is 1.69. The van der Waals surface area contributed by atoms with Crippen LogP contribution in [0.2, 0.25) is 0 Å². The standard InChI is InChI=1S/C22H22N2O2/c1-4-17-11-14-20(16(3)23-17)22(25)24-18-9-12-19(13-10-18)26-21-8-6-5-7-15(21)2/h5-14H,4H2,1-3H3,(H,24,25). The second kappa shape index (κ2) is 7.83. The van der Waals surface area contributed by atoms with E-state index in [-0.39, 0.29) is 5.91 Å². The monoisotopic (exact) mass is 346 g/mol. The molecule has 0 spiro atoms. The molecular weight excluding hydrogens is 324 g/mol. The van der Waals surface area contributed by atoms with Crippen molar-refractivity contribution in [2.75, 3.05) is 5.32 Å². The third-order valence-corrected chi connectivity index (χ3v) is 4.18. The molecule has 1 heterocycles. The number of carbonyl (C=O) groups excluding carboxylic acids is 1. The van der Waals surface area contributed by atoms with E-state index in [0.717, 1.165) is 34.9 Å².